The third-order valence-electron chi connectivity index (χ3n) is 10.8. The molecule has 0 radical (unpaired) electrons. The Morgan fingerprint density at radius 1 is 0.263 bits per heavy atom. The predicted molar refractivity (Wildman–Crippen MR) is 247 cm³/mol. The second kappa shape index (κ2) is 45.4. The number of hydrogen-bond donors (Lipinski definition) is 3. The Kier molecular flexibility index (Phi) is 42.4. The van der Waals surface area contributed by atoms with Crippen molar-refractivity contribution in [3.63, 3.8) is 0 Å². The van der Waals surface area contributed by atoms with Gasteiger partial charge in [0.1, 0.15) is 0 Å². The molecule has 9 heteroatoms. The molecule has 1 aromatic heterocycles. The van der Waals surface area contributed by atoms with Crippen molar-refractivity contribution in [3.8, 4) is 0 Å². The lowest BCUT2D eigenvalue weighted by molar-refractivity contribution is 0.129. The second-order valence-corrected chi connectivity index (χ2v) is 16.5. The summed E-state index contributed by atoms with van der Waals surface area (Å²) in [6.45, 7) is 14.0. The quantitative estimate of drug-likeness (QED) is 0.0556. The highest BCUT2D eigenvalue weighted by Crippen LogP contribution is 2.14. The molecule has 0 atom stereocenters. The number of anilines is 3. The highest BCUT2D eigenvalue weighted by atomic mass is 16.5. The summed E-state index contributed by atoms with van der Waals surface area (Å²) in [5.41, 5.74) is 0. The summed E-state index contributed by atoms with van der Waals surface area (Å²) >= 11 is 0. The normalized spacial score (nSPS) is 11.4. The highest BCUT2D eigenvalue weighted by molar-refractivity contribution is 5.42. The Hall–Kier alpha value is -1.71. The van der Waals surface area contributed by atoms with Crippen molar-refractivity contribution >= 4 is 17.8 Å². The van der Waals surface area contributed by atoms with Crippen LogP contribution in [0.3, 0.4) is 0 Å². The Bertz CT molecular complexity index is 800. The van der Waals surface area contributed by atoms with Gasteiger partial charge in [-0.05, 0) is 38.5 Å². The van der Waals surface area contributed by atoms with Crippen molar-refractivity contribution < 1.29 is 14.2 Å². The van der Waals surface area contributed by atoms with Crippen LogP contribution in [0.2, 0.25) is 0 Å². The fourth-order valence-corrected chi connectivity index (χ4v) is 7.12. The molecule has 336 valence electrons. The summed E-state index contributed by atoms with van der Waals surface area (Å²) in [5.74, 6) is 1.79. The third kappa shape index (κ3) is 39.5. The first-order valence-electron chi connectivity index (χ1n) is 25.0. The topological polar surface area (TPSA) is 102 Å². The molecule has 0 aromatic carbocycles. The lowest BCUT2D eigenvalue weighted by atomic mass is 10.1. The van der Waals surface area contributed by atoms with E-state index in [-0.39, 0.29) is 0 Å². The van der Waals surface area contributed by atoms with Crippen LogP contribution in [0, 0.1) is 0 Å². The number of ether oxygens (including phenoxy) is 3. The fraction of sp³-hybridized carbons (Fsp3) is 0.938. The molecule has 0 spiro atoms. The summed E-state index contributed by atoms with van der Waals surface area (Å²) < 4.78 is 17.8. The Morgan fingerprint density at radius 3 is 0.684 bits per heavy atom. The SMILES string of the molecule is CCCCCCCCCCCCOCCCNc1nc(NCCCOCCCCCCCCCCCC)nc(NCCCOCCCCCCCCCCCC)n1. The largest absolute Gasteiger partial charge is 0.381 e. The minimum Gasteiger partial charge on any atom is -0.381 e. The first-order valence-corrected chi connectivity index (χ1v) is 25.0. The first-order chi connectivity index (χ1) is 28.3. The fourth-order valence-electron chi connectivity index (χ4n) is 7.12. The standard InChI is InChI=1S/C48H96N6O3/c1-4-7-10-13-16-19-22-25-28-31-40-55-43-34-37-49-46-52-47(50-38-35-44-56-41-32-29-26-23-20-17-14-11-8-5-2)54-48(53-46)51-39-36-45-57-42-33-30-27-24-21-18-15-12-9-6-3/h4-45H2,1-3H3,(H3,49,50,51,52,53,54). The van der Waals surface area contributed by atoms with Crippen LogP contribution in [0.25, 0.3) is 0 Å². The van der Waals surface area contributed by atoms with E-state index in [4.69, 9.17) is 14.2 Å². The Balaban J connectivity index is 2.27. The van der Waals surface area contributed by atoms with Crippen LogP contribution >= 0.6 is 0 Å². The zero-order chi connectivity index (χ0) is 40.8. The van der Waals surface area contributed by atoms with E-state index in [1.807, 2.05) is 0 Å². The molecule has 0 aliphatic carbocycles. The molecular formula is C48H96N6O3. The van der Waals surface area contributed by atoms with Crippen molar-refractivity contribution in [1.82, 2.24) is 15.0 Å². The predicted octanol–water partition coefficient (Wildman–Crippen LogP) is 14.1. The van der Waals surface area contributed by atoms with Crippen LogP contribution in [0.4, 0.5) is 17.8 Å². The van der Waals surface area contributed by atoms with Crippen molar-refractivity contribution in [2.45, 2.75) is 233 Å². The minimum absolute atomic E-state index is 0.596. The van der Waals surface area contributed by atoms with Gasteiger partial charge in [-0.2, -0.15) is 15.0 Å². The van der Waals surface area contributed by atoms with Crippen LogP contribution < -0.4 is 16.0 Å². The van der Waals surface area contributed by atoms with Gasteiger partial charge in [0, 0.05) is 59.3 Å². The van der Waals surface area contributed by atoms with Crippen LogP contribution in [0.5, 0.6) is 0 Å². The maximum atomic E-state index is 5.92. The molecule has 3 N–H and O–H groups in total. The summed E-state index contributed by atoms with van der Waals surface area (Å²) in [7, 11) is 0. The van der Waals surface area contributed by atoms with Gasteiger partial charge in [-0.15, -0.1) is 0 Å². The molecule has 0 unspecified atom stereocenters. The van der Waals surface area contributed by atoms with Gasteiger partial charge in [0.2, 0.25) is 17.8 Å². The number of nitrogens with zero attached hydrogens (tertiary/aromatic N) is 3. The van der Waals surface area contributed by atoms with Crippen molar-refractivity contribution in [1.29, 1.82) is 0 Å². The van der Waals surface area contributed by atoms with E-state index in [9.17, 15) is 0 Å². The van der Waals surface area contributed by atoms with Gasteiger partial charge in [-0.3, -0.25) is 0 Å². The number of unbranched alkanes of at least 4 members (excludes halogenated alkanes) is 27. The zero-order valence-electron chi connectivity index (χ0n) is 38.3. The molecule has 0 saturated heterocycles. The zero-order valence-corrected chi connectivity index (χ0v) is 38.3. The monoisotopic (exact) mass is 805 g/mol. The Labute approximate surface area is 354 Å². The lowest BCUT2D eigenvalue weighted by Crippen LogP contribution is -2.16. The van der Waals surface area contributed by atoms with Crippen LogP contribution in [-0.2, 0) is 14.2 Å². The molecule has 0 fully saturated rings. The van der Waals surface area contributed by atoms with Gasteiger partial charge in [0.05, 0.1) is 0 Å². The van der Waals surface area contributed by atoms with Crippen molar-refractivity contribution in [3.05, 3.63) is 0 Å². The van der Waals surface area contributed by atoms with E-state index in [1.165, 1.54) is 173 Å². The molecule has 0 saturated carbocycles. The summed E-state index contributed by atoms with van der Waals surface area (Å²) in [6, 6.07) is 0. The van der Waals surface area contributed by atoms with Crippen LogP contribution in [0.15, 0.2) is 0 Å². The average molecular weight is 805 g/mol. The van der Waals surface area contributed by atoms with E-state index >= 15 is 0 Å². The molecule has 1 rings (SSSR count). The van der Waals surface area contributed by atoms with Gasteiger partial charge in [-0.1, -0.05) is 194 Å². The van der Waals surface area contributed by atoms with Gasteiger partial charge >= 0.3 is 0 Å². The minimum atomic E-state index is 0.596. The van der Waals surface area contributed by atoms with E-state index in [2.05, 4.69) is 51.7 Å². The molecular weight excluding hydrogens is 709 g/mol. The maximum Gasteiger partial charge on any atom is 0.229 e. The van der Waals surface area contributed by atoms with Gasteiger partial charge in [-0.25, -0.2) is 0 Å². The summed E-state index contributed by atoms with van der Waals surface area (Å²) in [6.07, 6.45) is 43.2. The molecule has 0 bridgehead atoms. The third-order valence-corrected chi connectivity index (χ3v) is 10.8. The van der Waals surface area contributed by atoms with Crippen LogP contribution in [-0.4, -0.2) is 74.2 Å². The molecule has 0 aliphatic heterocycles. The van der Waals surface area contributed by atoms with E-state index in [1.54, 1.807) is 0 Å². The average Bonchev–Trinajstić information content (AvgIpc) is 3.22. The summed E-state index contributed by atoms with van der Waals surface area (Å²) in [5, 5.41) is 10.2. The smallest absolute Gasteiger partial charge is 0.229 e. The van der Waals surface area contributed by atoms with Gasteiger partial charge in [0.15, 0.2) is 0 Å². The van der Waals surface area contributed by atoms with E-state index < -0.39 is 0 Å². The first kappa shape index (κ1) is 53.3. The summed E-state index contributed by atoms with van der Waals surface area (Å²) in [4.78, 5) is 14.0. The van der Waals surface area contributed by atoms with Crippen LogP contribution in [0.1, 0.15) is 233 Å². The number of hydrogen-bond acceptors (Lipinski definition) is 9. The van der Waals surface area contributed by atoms with Crippen molar-refractivity contribution in [2.75, 3.05) is 75.2 Å². The van der Waals surface area contributed by atoms with Gasteiger partial charge < -0.3 is 30.2 Å². The molecule has 0 aliphatic rings. The highest BCUT2D eigenvalue weighted by Gasteiger charge is 2.07. The molecule has 1 heterocycles. The van der Waals surface area contributed by atoms with E-state index in [0.717, 1.165) is 97.8 Å². The lowest BCUT2D eigenvalue weighted by Gasteiger charge is -2.12. The second-order valence-electron chi connectivity index (χ2n) is 16.5. The number of nitrogens with one attached hydrogen (secondary N) is 3. The number of aromatic nitrogens is 3. The van der Waals surface area contributed by atoms with Crippen molar-refractivity contribution in [2.24, 2.45) is 0 Å². The maximum absolute atomic E-state index is 5.92. The molecule has 1 aromatic rings. The molecule has 57 heavy (non-hydrogen) atoms. The van der Waals surface area contributed by atoms with E-state index in [0.29, 0.717) is 17.8 Å². The van der Waals surface area contributed by atoms with Gasteiger partial charge in [0.25, 0.3) is 0 Å². The molecule has 0 amide bonds. The molecule has 9 nitrogen and oxygen atoms in total. The number of rotatable bonds is 48. The Morgan fingerprint density at radius 2 is 0.456 bits per heavy atom.